The maximum atomic E-state index is 12.5. The van der Waals surface area contributed by atoms with Crippen LogP contribution in [0.1, 0.15) is 37.5 Å². The molecule has 0 saturated heterocycles. The molecule has 43 heavy (non-hydrogen) atoms. The van der Waals surface area contributed by atoms with Crippen molar-refractivity contribution in [1.29, 1.82) is 0 Å². The van der Waals surface area contributed by atoms with Gasteiger partial charge in [-0.2, -0.15) is 0 Å². The van der Waals surface area contributed by atoms with Crippen LogP contribution in [0.2, 0.25) is 0 Å². The first-order valence-corrected chi connectivity index (χ1v) is 13.3. The van der Waals surface area contributed by atoms with Gasteiger partial charge in [0, 0.05) is 6.42 Å². The second-order valence-corrected chi connectivity index (χ2v) is 10.2. The van der Waals surface area contributed by atoms with Crippen LogP contribution >= 0.6 is 0 Å². The summed E-state index contributed by atoms with van der Waals surface area (Å²) in [5.74, 6) is -1.54. The van der Waals surface area contributed by atoms with Crippen molar-refractivity contribution in [1.82, 2.24) is 16.0 Å². The fraction of sp³-hybridized carbons (Fsp3) is 0.258. The predicted octanol–water partition coefficient (Wildman–Crippen LogP) is 5.05. The number of aliphatic imine (C=N–C) groups is 1. The largest absolute Gasteiger partial charge is 0.480 e. The summed E-state index contributed by atoms with van der Waals surface area (Å²) < 4.78 is 15.6. The van der Waals surface area contributed by atoms with E-state index in [-0.39, 0.29) is 31.3 Å². The van der Waals surface area contributed by atoms with E-state index >= 15 is 0 Å². The number of carboxylic acid groups (broad SMARTS) is 1. The van der Waals surface area contributed by atoms with Gasteiger partial charge in [0.05, 0.1) is 5.69 Å². The number of nitrogens with one attached hydrogen (secondary N) is 3. The number of hydrogen-bond donors (Lipinski definition) is 4. The number of benzene rings is 3. The smallest absolute Gasteiger partial charge is 0.414 e. The number of amides is 3. The van der Waals surface area contributed by atoms with Crippen LogP contribution in [0.4, 0.5) is 20.1 Å². The minimum absolute atomic E-state index is 0.0187. The average molecular weight is 591 g/mol. The van der Waals surface area contributed by atoms with Gasteiger partial charge < -0.3 is 24.6 Å². The first kappa shape index (κ1) is 32.1. The second kappa shape index (κ2) is 15.6. The lowest BCUT2D eigenvalue weighted by atomic mass is 10.1. The molecule has 0 fully saturated rings. The van der Waals surface area contributed by atoms with Crippen molar-refractivity contribution in [2.45, 2.75) is 52.0 Å². The highest BCUT2D eigenvalue weighted by molar-refractivity contribution is 6.02. The SMILES string of the molecule is CC(C)(C)OC(=O)N[C@@H](Cc1cccc(N=C(NC(=O)OCc2ccccc2)NC(=O)OCc2ccccc2)c1)C(=O)O. The van der Waals surface area contributed by atoms with Crippen LogP contribution in [0.25, 0.3) is 0 Å². The average Bonchev–Trinajstić information content (AvgIpc) is 2.95. The van der Waals surface area contributed by atoms with Crippen LogP contribution < -0.4 is 16.0 Å². The van der Waals surface area contributed by atoms with E-state index in [4.69, 9.17) is 14.2 Å². The van der Waals surface area contributed by atoms with Crippen molar-refractivity contribution in [2.75, 3.05) is 0 Å². The van der Waals surface area contributed by atoms with Gasteiger partial charge in [-0.1, -0.05) is 72.8 Å². The molecule has 3 amide bonds. The number of carbonyl (C=O) groups is 4. The zero-order chi connectivity index (χ0) is 31.2. The van der Waals surface area contributed by atoms with Gasteiger partial charge in [0.25, 0.3) is 0 Å². The summed E-state index contributed by atoms with van der Waals surface area (Å²) in [7, 11) is 0. The molecule has 12 nitrogen and oxygen atoms in total. The van der Waals surface area contributed by atoms with Crippen LogP contribution in [-0.4, -0.2) is 47.0 Å². The Morgan fingerprint density at radius 1 is 0.744 bits per heavy atom. The molecule has 0 aliphatic rings. The van der Waals surface area contributed by atoms with E-state index in [0.717, 1.165) is 11.1 Å². The summed E-state index contributed by atoms with van der Waals surface area (Å²) in [6.45, 7) is 4.96. The Hall–Kier alpha value is -5.39. The van der Waals surface area contributed by atoms with Crippen molar-refractivity contribution < 1.29 is 38.5 Å². The second-order valence-electron chi connectivity index (χ2n) is 10.2. The zero-order valence-electron chi connectivity index (χ0n) is 24.0. The molecule has 4 N–H and O–H groups in total. The van der Waals surface area contributed by atoms with Crippen LogP contribution in [0, 0.1) is 0 Å². The van der Waals surface area contributed by atoms with E-state index < -0.39 is 35.9 Å². The monoisotopic (exact) mass is 590 g/mol. The molecule has 0 aliphatic carbocycles. The molecular formula is C31H34N4O8. The number of alkyl carbamates (subject to hydrolysis) is 3. The van der Waals surface area contributed by atoms with Crippen LogP contribution in [0.5, 0.6) is 0 Å². The molecule has 0 radical (unpaired) electrons. The van der Waals surface area contributed by atoms with Crippen molar-refractivity contribution in [3.05, 3.63) is 102 Å². The minimum atomic E-state index is -1.29. The number of hydrogen-bond acceptors (Lipinski definition) is 8. The third-order valence-electron chi connectivity index (χ3n) is 5.45. The summed E-state index contributed by atoms with van der Waals surface area (Å²) in [5, 5.41) is 16.8. The molecule has 3 aromatic rings. The Labute approximate surface area is 249 Å². The molecule has 0 unspecified atom stereocenters. The number of aliphatic carboxylic acids is 1. The van der Waals surface area contributed by atoms with Crippen LogP contribution in [0.3, 0.4) is 0 Å². The molecule has 3 aromatic carbocycles. The normalized spacial score (nSPS) is 11.3. The third kappa shape index (κ3) is 12.3. The van der Waals surface area contributed by atoms with E-state index in [1.165, 1.54) is 0 Å². The zero-order valence-corrected chi connectivity index (χ0v) is 24.0. The van der Waals surface area contributed by atoms with E-state index in [1.807, 2.05) is 12.1 Å². The van der Waals surface area contributed by atoms with Crippen LogP contribution in [-0.2, 0) is 38.6 Å². The Morgan fingerprint density at radius 2 is 1.26 bits per heavy atom. The van der Waals surface area contributed by atoms with E-state index in [0.29, 0.717) is 5.56 Å². The number of carboxylic acids is 1. The van der Waals surface area contributed by atoms with Gasteiger partial charge in [0.1, 0.15) is 24.9 Å². The summed E-state index contributed by atoms with van der Waals surface area (Å²) in [6, 6.07) is 23.1. The first-order valence-electron chi connectivity index (χ1n) is 13.3. The molecular weight excluding hydrogens is 556 g/mol. The number of guanidine groups is 1. The van der Waals surface area contributed by atoms with Gasteiger partial charge >= 0.3 is 24.2 Å². The molecule has 12 heteroatoms. The minimum Gasteiger partial charge on any atom is -0.480 e. The van der Waals surface area contributed by atoms with Gasteiger partial charge in [-0.25, -0.2) is 24.2 Å². The van der Waals surface area contributed by atoms with Crippen LogP contribution in [0.15, 0.2) is 89.9 Å². The summed E-state index contributed by atoms with van der Waals surface area (Å²) in [6.07, 6.45) is -2.72. The molecule has 0 bridgehead atoms. The van der Waals surface area contributed by atoms with Gasteiger partial charge in [-0.15, -0.1) is 0 Å². The number of ether oxygens (including phenoxy) is 3. The first-order chi connectivity index (χ1) is 20.5. The highest BCUT2D eigenvalue weighted by Gasteiger charge is 2.24. The lowest BCUT2D eigenvalue weighted by molar-refractivity contribution is -0.139. The molecule has 0 spiro atoms. The molecule has 0 aromatic heterocycles. The van der Waals surface area contributed by atoms with Gasteiger partial charge in [0.15, 0.2) is 0 Å². The molecule has 0 aliphatic heterocycles. The van der Waals surface area contributed by atoms with Crippen molar-refractivity contribution in [3.63, 3.8) is 0 Å². The lowest BCUT2D eigenvalue weighted by Gasteiger charge is -2.22. The highest BCUT2D eigenvalue weighted by Crippen LogP contribution is 2.16. The van der Waals surface area contributed by atoms with Gasteiger partial charge in [-0.05, 0) is 49.6 Å². The number of carbonyl (C=O) groups excluding carboxylic acids is 3. The predicted molar refractivity (Wildman–Crippen MR) is 158 cm³/mol. The Bertz CT molecular complexity index is 1360. The summed E-state index contributed by atoms with van der Waals surface area (Å²) >= 11 is 0. The fourth-order valence-electron chi connectivity index (χ4n) is 3.57. The topological polar surface area (TPSA) is 165 Å². The quantitative estimate of drug-likeness (QED) is 0.153. The standard InChI is InChI=1S/C31H34N4O8/c1-31(2,3)43-30(40)33-25(26(36)37)18-23-15-10-16-24(17-23)32-27(34-28(38)41-19-21-11-6-4-7-12-21)35-29(39)42-20-22-13-8-5-9-14-22/h4-17,25H,18-20H2,1-3H3,(H,33,40)(H,36,37)(H2,32,34,35,38,39)/t25-/m0/s1. The molecule has 0 saturated carbocycles. The Kier molecular flexibility index (Phi) is 11.6. The maximum Gasteiger partial charge on any atom is 0.414 e. The number of rotatable bonds is 9. The Balaban J connectivity index is 1.74. The lowest BCUT2D eigenvalue weighted by Crippen LogP contribution is -2.44. The van der Waals surface area contributed by atoms with E-state index in [2.05, 4.69) is 20.9 Å². The Morgan fingerprint density at radius 3 is 1.74 bits per heavy atom. The highest BCUT2D eigenvalue weighted by atomic mass is 16.6. The third-order valence-corrected chi connectivity index (χ3v) is 5.45. The van der Waals surface area contributed by atoms with Crippen molar-refractivity contribution in [3.8, 4) is 0 Å². The number of nitrogens with zero attached hydrogens (tertiary/aromatic N) is 1. The summed E-state index contributed by atoms with van der Waals surface area (Å²) in [5.41, 5.74) is 1.48. The molecule has 3 rings (SSSR count). The van der Waals surface area contributed by atoms with E-state index in [9.17, 15) is 24.3 Å². The van der Waals surface area contributed by atoms with Gasteiger partial charge in [0.2, 0.25) is 5.96 Å². The summed E-state index contributed by atoms with van der Waals surface area (Å²) in [4.78, 5) is 53.4. The maximum absolute atomic E-state index is 12.5. The van der Waals surface area contributed by atoms with Crippen molar-refractivity contribution in [2.24, 2.45) is 4.99 Å². The molecule has 1 atom stereocenters. The van der Waals surface area contributed by atoms with Crippen molar-refractivity contribution >= 4 is 35.9 Å². The van der Waals surface area contributed by atoms with Gasteiger partial charge in [-0.3, -0.25) is 10.6 Å². The molecule has 226 valence electrons. The molecule has 0 heterocycles. The van der Waals surface area contributed by atoms with E-state index in [1.54, 1.807) is 93.6 Å². The fourth-order valence-corrected chi connectivity index (χ4v) is 3.57.